The van der Waals surface area contributed by atoms with Gasteiger partial charge < -0.3 is 26.0 Å². The number of aliphatic hydroxyl groups excluding tert-OH is 2. The van der Waals surface area contributed by atoms with E-state index >= 15 is 0 Å². The third kappa shape index (κ3) is 8.82. The van der Waals surface area contributed by atoms with E-state index in [1.807, 2.05) is 57.2 Å². The normalized spacial score (nSPS) is 32.5. The van der Waals surface area contributed by atoms with Crippen LogP contribution in [-0.4, -0.2) is 41.0 Å². The van der Waals surface area contributed by atoms with Crippen molar-refractivity contribution in [3.63, 3.8) is 0 Å². The first-order valence-corrected chi connectivity index (χ1v) is 12.5. The van der Waals surface area contributed by atoms with Gasteiger partial charge in [-0.1, -0.05) is 45.1 Å². The highest BCUT2D eigenvalue weighted by Gasteiger charge is 2.28. The Kier molecular flexibility index (Phi) is 11.0. The fraction of sp³-hybridized carbons (Fsp3) is 0.571. The molecule has 6 atom stereocenters. The van der Waals surface area contributed by atoms with Gasteiger partial charge in [-0.15, -0.1) is 0 Å². The summed E-state index contributed by atoms with van der Waals surface area (Å²) in [6, 6.07) is 7.79. The summed E-state index contributed by atoms with van der Waals surface area (Å²) in [5.74, 6) is -0.546. The number of aliphatic hydroxyl groups is 2. The molecule has 194 valence electrons. The largest absolute Gasteiger partial charge is 0.442 e. The fourth-order valence-electron chi connectivity index (χ4n) is 4.96. The van der Waals surface area contributed by atoms with Crippen molar-refractivity contribution in [2.24, 2.45) is 29.4 Å². The predicted octanol–water partition coefficient (Wildman–Crippen LogP) is 4.59. The summed E-state index contributed by atoms with van der Waals surface area (Å²) in [7, 11) is 0. The molecule has 2 amide bonds. The molecule has 0 saturated carbocycles. The fourth-order valence-corrected chi connectivity index (χ4v) is 4.96. The number of carbonyl (C=O) groups is 2. The van der Waals surface area contributed by atoms with Crippen molar-refractivity contribution >= 4 is 17.7 Å². The van der Waals surface area contributed by atoms with Gasteiger partial charge in [0, 0.05) is 29.7 Å². The van der Waals surface area contributed by atoms with Crippen LogP contribution >= 0.6 is 0 Å². The second-order valence-electron chi connectivity index (χ2n) is 10.2. The number of nitrogens with two attached hydrogens (primary N) is 1. The summed E-state index contributed by atoms with van der Waals surface area (Å²) in [5.41, 5.74) is 8.60. The molecule has 2 bridgehead atoms. The number of hydrogen-bond acceptors (Lipinski definition) is 5. The molecule has 1 aromatic rings. The minimum absolute atomic E-state index is 0.0531. The lowest BCUT2D eigenvalue weighted by Crippen LogP contribution is -2.33. The van der Waals surface area contributed by atoms with E-state index in [9.17, 15) is 19.8 Å². The average molecular weight is 487 g/mol. The maximum absolute atomic E-state index is 12.7. The van der Waals surface area contributed by atoms with E-state index in [0.29, 0.717) is 24.8 Å². The molecule has 0 fully saturated rings. The Bertz CT molecular complexity index is 926. The van der Waals surface area contributed by atoms with Gasteiger partial charge in [0.25, 0.3) is 5.91 Å². The molecule has 1 aliphatic heterocycles. The van der Waals surface area contributed by atoms with Crippen molar-refractivity contribution < 1.29 is 24.5 Å². The molecule has 1 heterocycles. The van der Waals surface area contributed by atoms with Gasteiger partial charge in [-0.2, -0.15) is 0 Å². The van der Waals surface area contributed by atoms with Crippen LogP contribution in [0.4, 0.5) is 10.5 Å². The summed E-state index contributed by atoms with van der Waals surface area (Å²) in [4.78, 5) is 24.3. The van der Waals surface area contributed by atoms with Gasteiger partial charge in [-0.25, -0.2) is 4.79 Å². The summed E-state index contributed by atoms with van der Waals surface area (Å²) < 4.78 is 5.44. The standard InChI is InChI=1S/C28H42N2O5/c1-17-12-22-10-7-11-24(15-22)30-27(33)19(3)9-6-8-18(2)26(35-28(29)34)21(5)14-20(4)25(32)23(13-17)16-31/h7,9-11,14-15,17-18,20,23,25-26,31-32H,6,8,12-13,16H2,1-5H3,(H2,29,34)(H,30,33)/b19-9+,21-14+/t17-,18+,20+,23-,25-,26-/m1/s1. The summed E-state index contributed by atoms with van der Waals surface area (Å²) in [6.45, 7) is 9.51. The summed E-state index contributed by atoms with van der Waals surface area (Å²) in [5, 5.41) is 24.0. The monoisotopic (exact) mass is 486 g/mol. The van der Waals surface area contributed by atoms with Crippen LogP contribution in [0.2, 0.25) is 0 Å². The van der Waals surface area contributed by atoms with Crippen LogP contribution in [0.3, 0.4) is 0 Å². The quantitative estimate of drug-likeness (QED) is 0.456. The highest BCUT2D eigenvalue weighted by Crippen LogP contribution is 2.28. The second-order valence-corrected chi connectivity index (χ2v) is 10.2. The van der Waals surface area contributed by atoms with Gasteiger partial charge in [-0.05, 0) is 74.6 Å². The van der Waals surface area contributed by atoms with Crippen LogP contribution < -0.4 is 11.1 Å². The number of primary amides is 1. The summed E-state index contributed by atoms with van der Waals surface area (Å²) >= 11 is 0. The number of rotatable bonds is 2. The van der Waals surface area contributed by atoms with Crippen LogP contribution in [0.25, 0.3) is 0 Å². The van der Waals surface area contributed by atoms with Gasteiger partial charge in [0.1, 0.15) is 6.10 Å². The number of nitrogens with one attached hydrogen (secondary N) is 1. The number of anilines is 1. The molecule has 5 N–H and O–H groups in total. The molecular weight excluding hydrogens is 444 g/mol. The Morgan fingerprint density at radius 1 is 1.23 bits per heavy atom. The van der Waals surface area contributed by atoms with Gasteiger partial charge in [-0.3, -0.25) is 4.79 Å². The predicted molar refractivity (Wildman–Crippen MR) is 139 cm³/mol. The highest BCUT2D eigenvalue weighted by atomic mass is 16.6. The maximum Gasteiger partial charge on any atom is 0.405 e. The van der Waals surface area contributed by atoms with Gasteiger partial charge in [0.15, 0.2) is 0 Å². The molecular formula is C28H42N2O5. The number of carbonyl (C=O) groups excluding carboxylic acids is 2. The SMILES string of the molecule is C/C1=C\CC[C@H](C)[C@@H](OC(N)=O)/C(C)=C/[C@H](C)[C@@H](O)[C@@H](CO)C[C@H](C)Cc2cccc(c2)NC1=O. The first kappa shape index (κ1) is 28.6. The Morgan fingerprint density at radius 3 is 2.60 bits per heavy atom. The smallest absolute Gasteiger partial charge is 0.405 e. The minimum Gasteiger partial charge on any atom is -0.442 e. The van der Waals surface area contributed by atoms with E-state index in [2.05, 4.69) is 12.2 Å². The molecule has 0 radical (unpaired) electrons. The van der Waals surface area contributed by atoms with E-state index in [1.54, 1.807) is 6.92 Å². The van der Waals surface area contributed by atoms with Crippen LogP contribution in [0.15, 0.2) is 47.6 Å². The first-order chi connectivity index (χ1) is 16.5. The number of ether oxygens (including phenoxy) is 1. The van der Waals surface area contributed by atoms with Crippen LogP contribution in [-0.2, 0) is 16.0 Å². The molecule has 0 unspecified atom stereocenters. The van der Waals surface area contributed by atoms with Crippen LogP contribution in [0.1, 0.15) is 59.4 Å². The topological polar surface area (TPSA) is 122 Å². The summed E-state index contributed by atoms with van der Waals surface area (Å²) in [6.07, 6.45) is 4.38. The Morgan fingerprint density at radius 2 is 1.94 bits per heavy atom. The molecule has 7 heteroatoms. The third-order valence-corrected chi connectivity index (χ3v) is 6.90. The van der Waals surface area contributed by atoms with E-state index in [-0.39, 0.29) is 36.2 Å². The molecule has 0 aromatic heterocycles. The molecule has 7 nitrogen and oxygen atoms in total. The van der Waals surface area contributed by atoms with Crippen molar-refractivity contribution in [2.45, 2.75) is 72.5 Å². The molecule has 1 aromatic carbocycles. The lowest BCUT2D eigenvalue weighted by Gasteiger charge is -2.29. The molecule has 0 spiro atoms. The maximum atomic E-state index is 12.7. The van der Waals surface area contributed by atoms with Crippen molar-refractivity contribution in [2.75, 3.05) is 11.9 Å². The Balaban J connectivity index is 2.39. The van der Waals surface area contributed by atoms with Crippen LogP contribution in [0.5, 0.6) is 0 Å². The molecule has 35 heavy (non-hydrogen) atoms. The minimum atomic E-state index is -0.851. The van der Waals surface area contributed by atoms with E-state index in [1.165, 1.54) is 0 Å². The van der Waals surface area contributed by atoms with Crippen LogP contribution in [0, 0.1) is 23.7 Å². The number of fused-ring (bicyclic) bond motifs is 2. The molecule has 0 aliphatic carbocycles. The Labute approximate surface area is 209 Å². The number of allylic oxidation sites excluding steroid dienone is 1. The molecule has 1 aliphatic rings. The zero-order valence-corrected chi connectivity index (χ0v) is 21.7. The average Bonchev–Trinajstić information content (AvgIpc) is 2.79. The first-order valence-electron chi connectivity index (χ1n) is 12.5. The van der Waals surface area contributed by atoms with Gasteiger partial charge >= 0.3 is 6.09 Å². The second kappa shape index (κ2) is 13.4. The zero-order valence-electron chi connectivity index (χ0n) is 21.7. The third-order valence-electron chi connectivity index (χ3n) is 6.90. The van der Waals surface area contributed by atoms with E-state index in [0.717, 1.165) is 23.2 Å². The lowest BCUT2D eigenvalue weighted by atomic mass is 9.82. The van der Waals surface area contributed by atoms with E-state index < -0.39 is 18.3 Å². The van der Waals surface area contributed by atoms with Gasteiger partial charge in [0.2, 0.25) is 0 Å². The molecule has 2 rings (SSSR count). The van der Waals surface area contributed by atoms with Crippen molar-refractivity contribution in [3.05, 3.63) is 53.1 Å². The van der Waals surface area contributed by atoms with Crippen molar-refractivity contribution in [1.82, 2.24) is 0 Å². The Hall–Kier alpha value is -2.64. The van der Waals surface area contributed by atoms with Gasteiger partial charge in [0.05, 0.1) is 6.10 Å². The van der Waals surface area contributed by atoms with Crippen molar-refractivity contribution in [3.8, 4) is 0 Å². The van der Waals surface area contributed by atoms with E-state index in [4.69, 9.17) is 10.5 Å². The highest BCUT2D eigenvalue weighted by molar-refractivity contribution is 6.03. The van der Waals surface area contributed by atoms with Crippen molar-refractivity contribution in [1.29, 1.82) is 0 Å². The molecule has 0 saturated heterocycles. The number of hydrogen-bond donors (Lipinski definition) is 4. The zero-order chi connectivity index (χ0) is 26.1. The number of amides is 2. The number of benzene rings is 1. The lowest BCUT2D eigenvalue weighted by molar-refractivity contribution is -0.112.